The van der Waals surface area contributed by atoms with Gasteiger partial charge in [-0.2, -0.15) is 0 Å². The Kier molecular flexibility index (Phi) is 32.0. The first-order valence-electron chi connectivity index (χ1n) is 25.4. The van der Waals surface area contributed by atoms with Crippen molar-refractivity contribution in [3.63, 3.8) is 0 Å². The van der Waals surface area contributed by atoms with Gasteiger partial charge in [0.25, 0.3) is 5.91 Å². The minimum Gasteiger partial charge on any atom is -0.394 e. The SMILES string of the molecule is CCCCCCCCCCCCCCCC(=O)N[C@@H](CCCN=C(N)N)C(=O)N[C@@H](CO)C(=O)N[C@@H](CC(C)C)C(=O)N[C@@H](CCCN=C(N)N)C(=O)N[C@H]1CC(=O)NNN([C@H](C)[C@@H](C)CC)C1=O. The third-order valence-electron chi connectivity index (χ3n) is 12.3. The van der Waals surface area contributed by atoms with Crippen molar-refractivity contribution in [3.05, 3.63) is 0 Å². The molecule has 0 spiro atoms. The molecule has 0 bridgehead atoms. The van der Waals surface area contributed by atoms with Crippen molar-refractivity contribution >= 4 is 53.3 Å². The molecule has 1 aliphatic rings. The fourth-order valence-electron chi connectivity index (χ4n) is 7.78. The number of aliphatic imine (C=N–C) groups is 2. The van der Waals surface area contributed by atoms with E-state index in [1.165, 1.54) is 62.8 Å². The summed E-state index contributed by atoms with van der Waals surface area (Å²) >= 11 is 0. The van der Waals surface area contributed by atoms with Gasteiger partial charge in [-0.3, -0.25) is 54.0 Å². The second-order valence-electron chi connectivity index (χ2n) is 18.8. The van der Waals surface area contributed by atoms with Gasteiger partial charge in [-0.15, -0.1) is 5.53 Å². The summed E-state index contributed by atoms with van der Waals surface area (Å²) in [6, 6.07) is -6.79. The fourth-order valence-corrected chi connectivity index (χ4v) is 7.78. The van der Waals surface area contributed by atoms with Crippen molar-refractivity contribution in [2.75, 3.05) is 19.7 Å². The first-order valence-corrected chi connectivity index (χ1v) is 25.4. The fraction of sp³-hybridized carbons (Fsp3) is 0.809. The van der Waals surface area contributed by atoms with E-state index in [0.717, 1.165) is 25.7 Å². The number of guanidine groups is 2. The summed E-state index contributed by atoms with van der Waals surface area (Å²) in [5, 5.41) is 24.8. The molecule has 16 N–H and O–H groups in total. The Morgan fingerprint density at radius 1 is 0.652 bits per heavy atom. The van der Waals surface area contributed by atoms with Crippen molar-refractivity contribution < 1.29 is 38.7 Å². The van der Waals surface area contributed by atoms with E-state index in [-0.39, 0.29) is 87.3 Å². The molecule has 1 heterocycles. The highest BCUT2D eigenvalue weighted by Gasteiger charge is 2.37. The van der Waals surface area contributed by atoms with Gasteiger partial charge >= 0.3 is 0 Å². The van der Waals surface area contributed by atoms with E-state index in [2.05, 4.69) is 54.5 Å². The molecule has 0 saturated carbocycles. The molecule has 1 fully saturated rings. The van der Waals surface area contributed by atoms with Crippen LogP contribution in [0.25, 0.3) is 0 Å². The number of aliphatic hydroxyl groups excluding tert-OH is 1. The van der Waals surface area contributed by atoms with E-state index in [1.54, 1.807) is 0 Å². The van der Waals surface area contributed by atoms with E-state index in [9.17, 15) is 38.7 Å². The van der Waals surface area contributed by atoms with Gasteiger partial charge in [-0.25, -0.2) is 0 Å². The van der Waals surface area contributed by atoms with Crippen LogP contribution in [0.5, 0.6) is 0 Å². The van der Waals surface area contributed by atoms with Crippen LogP contribution in [0, 0.1) is 11.8 Å². The largest absolute Gasteiger partial charge is 0.394 e. The average molecular weight is 979 g/mol. The molecule has 0 unspecified atom stereocenters. The molecular weight excluding hydrogens is 889 g/mol. The Labute approximate surface area is 410 Å². The number of hydrogen-bond donors (Lipinski definition) is 12. The van der Waals surface area contributed by atoms with Gasteiger partial charge in [0, 0.05) is 25.6 Å². The third-order valence-corrected chi connectivity index (χ3v) is 12.3. The molecule has 396 valence electrons. The van der Waals surface area contributed by atoms with Gasteiger partial charge in [0.05, 0.1) is 13.0 Å². The molecule has 0 aromatic heterocycles. The van der Waals surface area contributed by atoms with Gasteiger partial charge in [-0.1, -0.05) is 118 Å². The van der Waals surface area contributed by atoms with Crippen LogP contribution >= 0.6 is 0 Å². The van der Waals surface area contributed by atoms with Crippen molar-refractivity contribution in [3.8, 4) is 0 Å². The molecule has 69 heavy (non-hydrogen) atoms. The first kappa shape index (κ1) is 61.8. The van der Waals surface area contributed by atoms with Crippen molar-refractivity contribution in [1.29, 1.82) is 0 Å². The maximum atomic E-state index is 14.0. The summed E-state index contributed by atoms with van der Waals surface area (Å²) in [6.45, 7) is 11.0. The Morgan fingerprint density at radius 3 is 1.61 bits per heavy atom. The Morgan fingerprint density at radius 2 is 1.12 bits per heavy atom. The molecule has 1 saturated heterocycles. The number of carbonyl (C=O) groups is 7. The molecule has 1 rings (SSSR count). The maximum absolute atomic E-state index is 14.0. The summed E-state index contributed by atoms with van der Waals surface area (Å²) in [5.41, 5.74) is 27.0. The zero-order valence-electron chi connectivity index (χ0n) is 42.5. The number of hydrogen-bond acceptors (Lipinski definition) is 11. The van der Waals surface area contributed by atoms with E-state index < -0.39 is 72.3 Å². The molecule has 7 atom stereocenters. The number of carbonyl (C=O) groups excluding carboxylic acids is 7. The number of amides is 7. The average Bonchev–Trinajstić information content (AvgIpc) is 3.43. The van der Waals surface area contributed by atoms with Gasteiger partial charge in [-0.05, 0) is 57.3 Å². The molecule has 0 aromatic carbocycles. The zero-order valence-corrected chi connectivity index (χ0v) is 42.5. The summed E-state index contributed by atoms with van der Waals surface area (Å²) < 4.78 is 0. The number of rotatable bonds is 37. The minimum atomic E-state index is -1.53. The molecule has 0 aliphatic carbocycles. The summed E-state index contributed by atoms with van der Waals surface area (Å²) in [6.07, 6.45) is 16.4. The van der Waals surface area contributed by atoms with Crippen LogP contribution in [0.4, 0.5) is 0 Å². The lowest BCUT2D eigenvalue weighted by atomic mass is 9.99. The van der Waals surface area contributed by atoms with Gasteiger partial charge in [0.1, 0.15) is 30.2 Å². The molecule has 0 radical (unpaired) electrons. The smallest absolute Gasteiger partial charge is 0.261 e. The van der Waals surface area contributed by atoms with Crippen LogP contribution in [0.1, 0.15) is 176 Å². The lowest BCUT2D eigenvalue weighted by Gasteiger charge is -2.33. The molecule has 7 amide bonds. The monoisotopic (exact) mass is 979 g/mol. The Bertz CT molecular complexity index is 1620. The number of nitrogens with zero attached hydrogens (tertiary/aromatic N) is 3. The summed E-state index contributed by atoms with van der Waals surface area (Å²) in [5.74, 6) is -5.03. The van der Waals surface area contributed by atoms with E-state index >= 15 is 0 Å². The molecule has 22 heteroatoms. The number of aliphatic hydroxyl groups is 1. The lowest BCUT2D eigenvalue weighted by molar-refractivity contribution is -0.143. The van der Waals surface area contributed by atoms with Gasteiger partial charge in [0.15, 0.2) is 11.9 Å². The van der Waals surface area contributed by atoms with Crippen LogP contribution in [-0.2, 0) is 33.6 Å². The van der Waals surface area contributed by atoms with Crippen molar-refractivity contribution in [1.82, 2.24) is 42.6 Å². The number of hydrazine groups is 2. The molecule has 1 aliphatic heterocycles. The molecule has 0 aromatic rings. The topological polar surface area (TPSA) is 356 Å². The number of nitrogens with one attached hydrogen (secondary N) is 7. The molecule has 22 nitrogen and oxygen atoms in total. The normalized spacial score (nSPS) is 16.4. The van der Waals surface area contributed by atoms with Crippen LogP contribution in [0.3, 0.4) is 0 Å². The van der Waals surface area contributed by atoms with Gasteiger partial charge in [0.2, 0.25) is 35.4 Å². The van der Waals surface area contributed by atoms with Crippen molar-refractivity contribution in [2.45, 2.75) is 213 Å². The minimum absolute atomic E-state index is 0.0000134. The highest BCUT2D eigenvalue weighted by Crippen LogP contribution is 2.17. The highest BCUT2D eigenvalue weighted by molar-refractivity contribution is 5.97. The lowest BCUT2D eigenvalue weighted by Crippen LogP contribution is -2.61. The Balaban J connectivity index is 3.08. The maximum Gasteiger partial charge on any atom is 0.261 e. The third kappa shape index (κ3) is 26.9. The van der Waals surface area contributed by atoms with Gasteiger partial charge < -0.3 is 54.6 Å². The van der Waals surface area contributed by atoms with Crippen LogP contribution < -0.4 is 60.5 Å². The summed E-state index contributed by atoms with van der Waals surface area (Å²) in [7, 11) is 0. The number of nitrogens with two attached hydrogens (primary N) is 4. The summed E-state index contributed by atoms with van der Waals surface area (Å²) in [4.78, 5) is 103. The standard InChI is InChI=1S/C47H90N14O8/c1-7-9-10-11-12-13-14-15-16-17-18-19-20-25-39(63)54-34(23-21-26-52-46(48)49)41(65)58-38(30-62)44(68)56-36(28-31(3)4)43(67)55-35(24-22-27-53-47(50)51)42(66)57-37-29-40(64)59-60-61(45(37)69)33(6)32(5)8-2/h31-38,60,62H,7-30H2,1-6H3,(H,54,63)(H,55,67)(H,56,68)(H,57,66)(H,58,65)(H,59,64)(H4,48,49,52)(H4,50,51,53)/t32-,33+,34-,35-,36-,37-,38-/m0/s1. The quantitative estimate of drug-likeness (QED) is 0.0237. The predicted octanol–water partition coefficient (Wildman–Crippen LogP) is 1.24. The highest BCUT2D eigenvalue weighted by atomic mass is 16.3. The van der Waals surface area contributed by atoms with Crippen LogP contribution in [-0.4, -0.2) is 119 Å². The first-order chi connectivity index (χ1) is 32.8. The van der Waals surface area contributed by atoms with E-state index in [4.69, 9.17) is 22.9 Å². The second-order valence-corrected chi connectivity index (χ2v) is 18.8. The number of unbranched alkanes of at least 4 members (excludes halogenated alkanes) is 12. The van der Waals surface area contributed by atoms with Crippen LogP contribution in [0.15, 0.2) is 9.98 Å². The Hall–Kier alpha value is -5.25. The predicted molar refractivity (Wildman–Crippen MR) is 268 cm³/mol. The van der Waals surface area contributed by atoms with Crippen molar-refractivity contribution in [2.24, 2.45) is 44.8 Å². The molecular formula is C47H90N14O8. The van der Waals surface area contributed by atoms with Crippen LogP contribution in [0.2, 0.25) is 0 Å². The zero-order chi connectivity index (χ0) is 51.7. The van der Waals surface area contributed by atoms with E-state index in [1.807, 2.05) is 34.6 Å². The van der Waals surface area contributed by atoms with E-state index in [0.29, 0.717) is 12.8 Å². The second kappa shape index (κ2) is 35.8.